The number of alkyl halides is 3. The number of rotatable bonds is 2. The van der Waals surface area contributed by atoms with Crippen LogP contribution >= 0.6 is 11.3 Å². The van der Waals surface area contributed by atoms with Gasteiger partial charge in [-0.1, -0.05) is 0 Å². The Kier molecular flexibility index (Phi) is 3.31. The highest BCUT2D eigenvalue weighted by Crippen LogP contribution is 2.31. The maximum Gasteiger partial charge on any atom is 0.433 e. The summed E-state index contributed by atoms with van der Waals surface area (Å²) in [6.45, 7) is 0. The highest BCUT2D eigenvalue weighted by Gasteiger charge is 2.34. The average Bonchev–Trinajstić information content (AvgIpc) is 2.79. The molecule has 2 heterocycles. The van der Waals surface area contributed by atoms with Gasteiger partial charge in [-0.3, -0.25) is 4.98 Å². The van der Waals surface area contributed by atoms with E-state index in [0.29, 0.717) is 6.07 Å². The van der Waals surface area contributed by atoms with E-state index in [2.05, 4.69) is 15.0 Å². The van der Waals surface area contributed by atoms with Crippen molar-refractivity contribution in [1.82, 2.24) is 15.0 Å². The zero-order valence-electron chi connectivity index (χ0n) is 9.34. The zero-order valence-corrected chi connectivity index (χ0v) is 11.0. The summed E-state index contributed by atoms with van der Waals surface area (Å²) in [6, 6.07) is 0.417. The minimum absolute atomic E-state index is 0.260. The standard InChI is InChI=1S/C9H6F3N3O2S2/c1-19(16,17)7-2-6(9(10,11)12)14-8(15-7)5-3-13-4-18-5/h2-4H,1H3. The second-order valence-electron chi connectivity index (χ2n) is 3.55. The monoisotopic (exact) mass is 309 g/mol. The number of halogens is 3. The molecule has 0 saturated carbocycles. The van der Waals surface area contributed by atoms with Crippen molar-refractivity contribution in [2.75, 3.05) is 6.26 Å². The summed E-state index contributed by atoms with van der Waals surface area (Å²) in [5, 5.41) is -0.668. The predicted molar refractivity (Wildman–Crippen MR) is 61.3 cm³/mol. The fourth-order valence-corrected chi connectivity index (χ4v) is 2.33. The molecule has 2 aromatic rings. The van der Waals surface area contributed by atoms with Crippen molar-refractivity contribution >= 4 is 21.2 Å². The molecule has 0 aliphatic rings. The van der Waals surface area contributed by atoms with Crippen LogP contribution in [0.25, 0.3) is 10.7 Å². The second kappa shape index (κ2) is 4.53. The van der Waals surface area contributed by atoms with Gasteiger partial charge >= 0.3 is 6.18 Å². The van der Waals surface area contributed by atoms with E-state index in [1.54, 1.807) is 0 Å². The Labute approximate surface area is 110 Å². The van der Waals surface area contributed by atoms with Gasteiger partial charge in [0, 0.05) is 18.5 Å². The fraction of sp³-hybridized carbons (Fsp3) is 0.222. The Balaban J connectivity index is 2.69. The first-order valence-corrected chi connectivity index (χ1v) is 7.50. The van der Waals surface area contributed by atoms with Crippen molar-refractivity contribution in [3.05, 3.63) is 23.5 Å². The number of aromatic nitrogens is 3. The summed E-state index contributed by atoms with van der Waals surface area (Å²) < 4.78 is 60.8. The lowest BCUT2D eigenvalue weighted by molar-refractivity contribution is -0.141. The molecular weight excluding hydrogens is 303 g/mol. The van der Waals surface area contributed by atoms with E-state index in [1.807, 2.05) is 0 Å². The lowest BCUT2D eigenvalue weighted by Crippen LogP contribution is -2.12. The lowest BCUT2D eigenvalue weighted by atomic mass is 10.4. The first-order valence-electron chi connectivity index (χ1n) is 4.73. The van der Waals surface area contributed by atoms with Crippen LogP contribution in [0.4, 0.5) is 13.2 Å². The van der Waals surface area contributed by atoms with Gasteiger partial charge in [0.05, 0.1) is 10.4 Å². The number of thiazole rings is 1. The van der Waals surface area contributed by atoms with Crippen LogP contribution in [0, 0.1) is 0 Å². The quantitative estimate of drug-likeness (QED) is 0.794. The van der Waals surface area contributed by atoms with Gasteiger partial charge in [-0.15, -0.1) is 11.3 Å². The number of nitrogens with zero attached hydrogens (tertiary/aromatic N) is 3. The summed E-state index contributed by atoms with van der Waals surface area (Å²) in [7, 11) is -3.87. The molecule has 2 rings (SSSR count). The highest BCUT2D eigenvalue weighted by atomic mass is 32.2. The second-order valence-corrected chi connectivity index (χ2v) is 6.40. The molecule has 0 aromatic carbocycles. The molecule has 0 aliphatic heterocycles. The minimum Gasteiger partial charge on any atom is -0.252 e. The van der Waals surface area contributed by atoms with Crippen molar-refractivity contribution in [2.24, 2.45) is 0 Å². The predicted octanol–water partition coefficient (Wildman–Crippen LogP) is 2.02. The third-order valence-corrected chi connectivity index (χ3v) is 3.76. The third-order valence-electron chi connectivity index (χ3n) is 2.03. The summed E-state index contributed by atoms with van der Waals surface area (Å²) >= 11 is 1.02. The molecule has 0 saturated heterocycles. The van der Waals surface area contributed by atoms with E-state index < -0.39 is 26.7 Å². The van der Waals surface area contributed by atoms with Crippen molar-refractivity contribution in [3.8, 4) is 10.7 Å². The van der Waals surface area contributed by atoms with Crippen LogP contribution in [0.1, 0.15) is 5.69 Å². The van der Waals surface area contributed by atoms with Crippen molar-refractivity contribution in [2.45, 2.75) is 11.2 Å². The van der Waals surface area contributed by atoms with Crippen molar-refractivity contribution in [1.29, 1.82) is 0 Å². The smallest absolute Gasteiger partial charge is 0.252 e. The maximum atomic E-state index is 12.7. The number of hydrogen-bond donors (Lipinski definition) is 0. The molecule has 5 nitrogen and oxygen atoms in total. The van der Waals surface area contributed by atoms with Gasteiger partial charge in [-0.2, -0.15) is 13.2 Å². The molecule has 2 aromatic heterocycles. The Hall–Kier alpha value is -1.55. The molecule has 0 atom stereocenters. The van der Waals surface area contributed by atoms with E-state index in [0.717, 1.165) is 17.6 Å². The van der Waals surface area contributed by atoms with Crippen LogP contribution in [-0.2, 0) is 16.0 Å². The van der Waals surface area contributed by atoms with Crippen LogP contribution in [0.5, 0.6) is 0 Å². The molecule has 0 aliphatic carbocycles. The molecule has 0 radical (unpaired) electrons. The average molecular weight is 309 g/mol. The molecule has 19 heavy (non-hydrogen) atoms. The van der Waals surface area contributed by atoms with E-state index in [9.17, 15) is 21.6 Å². The first kappa shape index (κ1) is 13.9. The van der Waals surface area contributed by atoms with Crippen LogP contribution in [0.15, 0.2) is 22.8 Å². The normalized spacial score (nSPS) is 12.6. The van der Waals surface area contributed by atoms with Gasteiger partial charge in [0.25, 0.3) is 0 Å². The van der Waals surface area contributed by atoms with Crippen molar-refractivity contribution < 1.29 is 21.6 Å². The molecule has 0 bridgehead atoms. The Morgan fingerprint density at radius 3 is 2.42 bits per heavy atom. The van der Waals surface area contributed by atoms with Crippen molar-refractivity contribution in [3.63, 3.8) is 0 Å². The van der Waals surface area contributed by atoms with Crippen LogP contribution in [0.3, 0.4) is 0 Å². The van der Waals surface area contributed by atoms with Crippen LogP contribution < -0.4 is 0 Å². The van der Waals surface area contributed by atoms with Gasteiger partial charge in [-0.25, -0.2) is 18.4 Å². The molecule has 0 N–H and O–H groups in total. The van der Waals surface area contributed by atoms with Gasteiger partial charge in [0.2, 0.25) is 0 Å². The molecule has 10 heteroatoms. The zero-order chi connectivity index (χ0) is 14.3. The third kappa shape index (κ3) is 3.07. The first-order chi connectivity index (χ1) is 8.68. The topological polar surface area (TPSA) is 72.8 Å². The van der Waals surface area contributed by atoms with Crippen LogP contribution in [-0.4, -0.2) is 29.6 Å². The Morgan fingerprint density at radius 2 is 1.95 bits per heavy atom. The SMILES string of the molecule is CS(=O)(=O)c1cc(C(F)(F)F)nc(-c2cncs2)n1. The summed E-state index contributed by atoms with van der Waals surface area (Å²) in [6.07, 6.45) is -2.69. The fourth-order valence-electron chi connectivity index (χ4n) is 1.20. The summed E-state index contributed by atoms with van der Waals surface area (Å²) in [4.78, 5) is 10.9. The Bertz CT molecular complexity index is 696. The van der Waals surface area contributed by atoms with E-state index in [4.69, 9.17) is 0 Å². The molecule has 102 valence electrons. The molecular formula is C9H6F3N3O2S2. The van der Waals surface area contributed by atoms with E-state index in [1.165, 1.54) is 11.7 Å². The molecule has 0 spiro atoms. The summed E-state index contributed by atoms with van der Waals surface area (Å²) in [5.41, 5.74) is 0.0883. The summed E-state index contributed by atoms with van der Waals surface area (Å²) in [5.74, 6) is -0.308. The van der Waals surface area contributed by atoms with Crippen LogP contribution in [0.2, 0.25) is 0 Å². The largest absolute Gasteiger partial charge is 0.433 e. The maximum absolute atomic E-state index is 12.7. The van der Waals surface area contributed by atoms with Gasteiger partial charge in [0.1, 0.15) is 5.69 Å². The van der Waals surface area contributed by atoms with E-state index in [-0.39, 0.29) is 10.7 Å². The molecule has 0 amide bonds. The number of sulfone groups is 1. The lowest BCUT2D eigenvalue weighted by Gasteiger charge is -2.08. The highest BCUT2D eigenvalue weighted by molar-refractivity contribution is 7.90. The van der Waals surface area contributed by atoms with E-state index >= 15 is 0 Å². The molecule has 0 fully saturated rings. The molecule has 0 unspecified atom stereocenters. The number of hydrogen-bond acceptors (Lipinski definition) is 6. The minimum atomic E-state index is -4.75. The van der Waals surface area contributed by atoms with Gasteiger partial charge < -0.3 is 0 Å². The Morgan fingerprint density at radius 1 is 1.26 bits per heavy atom. The van der Waals surface area contributed by atoms with Gasteiger partial charge in [0.15, 0.2) is 20.7 Å². The van der Waals surface area contributed by atoms with Gasteiger partial charge in [-0.05, 0) is 0 Å².